The topological polar surface area (TPSA) is 18.5 Å². The Morgan fingerprint density at radius 3 is 2.14 bits per heavy atom. The van der Waals surface area contributed by atoms with Crippen molar-refractivity contribution in [2.45, 2.75) is 25.7 Å². The first-order chi connectivity index (χ1) is 6.58. The zero-order valence-corrected chi connectivity index (χ0v) is 9.18. The molecular formula is C12H16O2. The number of hydrogen-bond donors (Lipinski definition) is 0. The average molecular weight is 192 g/mol. The minimum absolute atomic E-state index is 0.300. The fourth-order valence-corrected chi connectivity index (χ4v) is 2.16. The van der Waals surface area contributed by atoms with Crippen LogP contribution in [0.4, 0.5) is 0 Å². The molecule has 2 nitrogen and oxygen atoms in total. The summed E-state index contributed by atoms with van der Waals surface area (Å²) in [4.78, 5) is 0. The molecule has 0 spiro atoms. The van der Waals surface area contributed by atoms with Crippen molar-refractivity contribution in [3.63, 3.8) is 0 Å². The Morgan fingerprint density at radius 2 is 1.64 bits per heavy atom. The van der Waals surface area contributed by atoms with Gasteiger partial charge in [-0.1, -0.05) is 13.8 Å². The lowest BCUT2D eigenvalue weighted by Gasteiger charge is -2.38. The zero-order valence-electron chi connectivity index (χ0n) is 9.18. The maximum atomic E-state index is 5.27. The number of hydrogen-bond acceptors (Lipinski definition) is 2. The predicted octanol–water partition coefficient (Wildman–Crippen LogP) is 2.54. The Hall–Kier alpha value is -1.18. The maximum Gasteiger partial charge on any atom is 0.161 e. The van der Waals surface area contributed by atoms with Gasteiger partial charge in [0.2, 0.25) is 0 Å². The van der Waals surface area contributed by atoms with Gasteiger partial charge in [-0.3, -0.25) is 0 Å². The molecule has 0 atom stereocenters. The predicted molar refractivity (Wildman–Crippen MR) is 56.3 cm³/mol. The summed E-state index contributed by atoms with van der Waals surface area (Å²) >= 11 is 0. The number of ether oxygens (including phenoxy) is 2. The van der Waals surface area contributed by atoms with E-state index in [2.05, 4.69) is 26.0 Å². The summed E-state index contributed by atoms with van der Waals surface area (Å²) in [7, 11) is 3.35. The fraction of sp³-hybridized carbons (Fsp3) is 0.500. The van der Waals surface area contributed by atoms with E-state index < -0.39 is 0 Å². The average Bonchev–Trinajstić information content (AvgIpc) is 2.15. The molecule has 0 saturated carbocycles. The molecule has 0 fully saturated rings. The Bertz CT molecular complexity index is 367. The molecule has 0 saturated heterocycles. The molecule has 1 aromatic rings. The third-order valence-corrected chi connectivity index (χ3v) is 2.97. The van der Waals surface area contributed by atoms with Crippen LogP contribution in [0.2, 0.25) is 0 Å². The van der Waals surface area contributed by atoms with Crippen LogP contribution in [0.15, 0.2) is 12.1 Å². The smallest absolute Gasteiger partial charge is 0.161 e. The quantitative estimate of drug-likeness (QED) is 0.717. The Kier molecular flexibility index (Phi) is 1.95. The van der Waals surface area contributed by atoms with E-state index in [9.17, 15) is 0 Å². The van der Waals surface area contributed by atoms with E-state index in [0.717, 1.165) is 17.9 Å². The SMILES string of the molecule is COc1cc2c(cc1OC)C(C)(C)C2. The van der Waals surface area contributed by atoms with Gasteiger partial charge in [-0.2, -0.15) is 0 Å². The first-order valence-corrected chi connectivity index (χ1v) is 4.84. The molecule has 0 aromatic heterocycles. The second-order valence-electron chi connectivity index (χ2n) is 4.42. The first kappa shape index (κ1) is 9.38. The minimum Gasteiger partial charge on any atom is -0.493 e. The lowest BCUT2D eigenvalue weighted by molar-refractivity contribution is 0.347. The molecule has 0 radical (unpaired) electrons. The van der Waals surface area contributed by atoms with Gasteiger partial charge in [0.25, 0.3) is 0 Å². The van der Waals surface area contributed by atoms with E-state index >= 15 is 0 Å². The highest BCUT2D eigenvalue weighted by molar-refractivity contribution is 5.54. The second-order valence-corrected chi connectivity index (χ2v) is 4.42. The van der Waals surface area contributed by atoms with Crippen LogP contribution in [0.3, 0.4) is 0 Å². The molecule has 1 aliphatic rings. The highest BCUT2D eigenvalue weighted by Gasteiger charge is 2.35. The minimum atomic E-state index is 0.300. The second kappa shape index (κ2) is 2.91. The highest BCUT2D eigenvalue weighted by atomic mass is 16.5. The third kappa shape index (κ3) is 1.17. The van der Waals surface area contributed by atoms with Crippen molar-refractivity contribution in [3.05, 3.63) is 23.3 Å². The van der Waals surface area contributed by atoms with Gasteiger partial charge in [-0.25, -0.2) is 0 Å². The summed E-state index contributed by atoms with van der Waals surface area (Å²) in [6, 6.07) is 4.18. The van der Waals surface area contributed by atoms with Gasteiger partial charge in [0.15, 0.2) is 11.5 Å². The van der Waals surface area contributed by atoms with Crippen molar-refractivity contribution in [2.75, 3.05) is 14.2 Å². The van der Waals surface area contributed by atoms with Crippen molar-refractivity contribution in [1.29, 1.82) is 0 Å². The molecular weight excluding hydrogens is 176 g/mol. The van der Waals surface area contributed by atoms with Gasteiger partial charge in [-0.15, -0.1) is 0 Å². The lowest BCUT2D eigenvalue weighted by Crippen LogP contribution is -2.32. The summed E-state index contributed by atoms with van der Waals surface area (Å²) in [5.41, 5.74) is 3.07. The van der Waals surface area contributed by atoms with Crippen molar-refractivity contribution in [2.24, 2.45) is 0 Å². The van der Waals surface area contributed by atoms with Crippen molar-refractivity contribution in [3.8, 4) is 11.5 Å². The summed E-state index contributed by atoms with van der Waals surface area (Å²) in [5.74, 6) is 1.67. The van der Waals surface area contributed by atoms with Gasteiger partial charge in [-0.05, 0) is 35.1 Å². The number of rotatable bonds is 2. The maximum absolute atomic E-state index is 5.27. The normalized spacial score (nSPS) is 16.9. The summed E-state index contributed by atoms with van der Waals surface area (Å²) in [6.07, 6.45) is 1.13. The first-order valence-electron chi connectivity index (χ1n) is 4.84. The molecule has 0 unspecified atom stereocenters. The van der Waals surface area contributed by atoms with Crippen LogP contribution in [-0.4, -0.2) is 14.2 Å². The van der Waals surface area contributed by atoms with Gasteiger partial charge in [0.1, 0.15) is 0 Å². The molecule has 1 aromatic carbocycles. The van der Waals surface area contributed by atoms with Gasteiger partial charge >= 0.3 is 0 Å². The van der Waals surface area contributed by atoms with Gasteiger partial charge in [0, 0.05) is 0 Å². The van der Waals surface area contributed by atoms with Crippen LogP contribution < -0.4 is 9.47 Å². The van der Waals surface area contributed by atoms with E-state index in [4.69, 9.17) is 9.47 Å². The lowest BCUT2D eigenvalue weighted by atomic mass is 9.66. The van der Waals surface area contributed by atoms with E-state index in [0.29, 0.717) is 5.41 Å². The van der Waals surface area contributed by atoms with Gasteiger partial charge < -0.3 is 9.47 Å². The molecule has 2 heteroatoms. The van der Waals surface area contributed by atoms with Crippen molar-refractivity contribution < 1.29 is 9.47 Å². The van der Waals surface area contributed by atoms with Crippen molar-refractivity contribution >= 4 is 0 Å². The Morgan fingerprint density at radius 1 is 1.07 bits per heavy atom. The number of benzene rings is 1. The summed E-state index contributed by atoms with van der Waals surface area (Å²) < 4.78 is 10.5. The molecule has 14 heavy (non-hydrogen) atoms. The molecule has 1 aliphatic carbocycles. The van der Waals surface area contributed by atoms with Crippen LogP contribution in [-0.2, 0) is 11.8 Å². The van der Waals surface area contributed by atoms with E-state index in [1.54, 1.807) is 14.2 Å². The van der Waals surface area contributed by atoms with Crippen LogP contribution in [0.5, 0.6) is 11.5 Å². The Labute approximate surface area is 84.8 Å². The molecule has 76 valence electrons. The largest absolute Gasteiger partial charge is 0.493 e. The van der Waals surface area contributed by atoms with Crippen LogP contribution in [0.25, 0.3) is 0 Å². The molecule has 0 aliphatic heterocycles. The van der Waals surface area contributed by atoms with E-state index in [1.165, 1.54) is 11.1 Å². The third-order valence-electron chi connectivity index (χ3n) is 2.97. The molecule has 0 amide bonds. The van der Waals surface area contributed by atoms with Crippen LogP contribution >= 0.6 is 0 Å². The molecule has 0 N–H and O–H groups in total. The zero-order chi connectivity index (χ0) is 10.3. The highest BCUT2D eigenvalue weighted by Crippen LogP contribution is 2.45. The van der Waals surface area contributed by atoms with Crippen molar-refractivity contribution in [1.82, 2.24) is 0 Å². The summed E-state index contributed by atoms with van der Waals surface area (Å²) in [6.45, 7) is 4.50. The monoisotopic (exact) mass is 192 g/mol. The van der Waals surface area contributed by atoms with E-state index in [-0.39, 0.29) is 0 Å². The van der Waals surface area contributed by atoms with Crippen LogP contribution in [0.1, 0.15) is 25.0 Å². The van der Waals surface area contributed by atoms with E-state index in [1.807, 2.05) is 0 Å². The molecule has 0 heterocycles. The van der Waals surface area contributed by atoms with Crippen LogP contribution in [0, 0.1) is 0 Å². The molecule has 2 rings (SSSR count). The van der Waals surface area contributed by atoms with Gasteiger partial charge in [0.05, 0.1) is 14.2 Å². The fourth-order valence-electron chi connectivity index (χ4n) is 2.16. The standard InChI is InChI=1S/C12H16O2/c1-12(2)7-8-5-10(13-3)11(14-4)6-9(8)12/h5-6H,7H2,1-4H3. The summed E-state index contributed by atoms with van der Waals surface area (Å²) in [5, 5.41) is 0. The number of methoxy groups -OCH3 is 2. The number of fused-ring (bicyclic) bond motifs is 1. The molecule has 0 bridgehead atoms. The Balaban J connectivity index is 2.49.